The maximum atomic E-state index is 11.5. The first-order valence-electron chi connectivity index (χ1n) is 11.4. The maximum Gasteiger partial charge on any atom is 0.335 e. The number of nitrogens with zero attached hydrogens (tertiary/aromatic N) is 5. The lowest BCUT2D eigenvalue weighted by Crippen LogP contribution is -2.50. The van der Waals surface area contributed by atoms with Crippen molar-refractivity contribution in [3.8, 4) is 5.69 Å². The zero-order valence-corrected chi connectivity index (χ0v) is 19.9. The molecule has 1 atom stereocenters. The molecule has 8 heteroatoms. The van der Waals surface area contributed by atoms with Crippen LogP contribution in [-0.4, -0.2) is 90.6 Å². The van der Waals surface area contributed by atoms with E-state index < -0.39 is 5.97 Å². The van der Waals surface area contributed by atoms with Crippen LogP contribution in [0.3, 0.4) is 0 Å². The molecule has 0 spiro atoms. The van der Waals surface area contributed by atoms with E-state index in [2.05, 4.69) is 50.5 Å². The number of anilines is 1. The van der Waals surface area contributed by atoms with Crippen LogP contribution in [0.1, 0.15) is 23.1 Å². The number of rotatable bonds is 8. The third-order valence-electron chi connectivity index (χ3n) is 6.38. The summed E-state index contributed by atoms with van der Waals surface area (Å²) in [6.07, 6.45) is 0.896. The van der Waals surface area contributed by atoms with Crippen molar-refractivity contribution in [1.29, 1.82) is 0 Å². The van der Waals surface area contributed by atoms with Gasteiger partial charge in [0.25, 0.3) is 0 Å². The molecule has 176 valence electrons. The normalized spacial score (nSPS) is 16.0. The number of likely N-dealkylation sites (N-methyl/N-ethyl adjacent to an activating group) is 1. The first kappa shape index (κ1) is 23.2. The van der Waals surface area contributed by atoms with E-state index in [-0.39, 0.29) is 11.8 Å². The van der Waals surface area contributed by atoms with Crippen LogP contribution in [-0.2, 0) is 11.2 Å². The van der Waals surface area contributed by atoms with Gasteiger partial charge < -0.3 is 19.6 Å². The van der Waals surface area contributed by atoms with Gasteiger partial charge >= 0.3 is 5.97 Å². The van der Waals surface area contributed by atoms with Crippen molar-refractivity contribution >= 4 is 22.7 Å². The molecular weight excluding hydrogens is 418 g/mol. The van der Waals surface area contributed by atoms with Crippen LogP contribution < -0.4 is 4.90 Å². The molecule has 0 amide bonds. The number of methoxy groups -OCH3 is 1. The molecule has 1 aliphatic heterocycles. The highest BCUT2D eigenvalue weighted by atomic mass is 16.5. The van der Waals surface area contributed by atoms with Crippen molar-refractivity contribution in [2.45, 2.75) is 19.6 Å². The monoisotopic (exact) mass is 451 g/mol. The summed E-state index contributed by atoms with van der Waals surface area (Å²) in [5.74, 6) is -0.0117. The minimum absolute atomic E-state index is 0.130. The van der Waals surface area contributed by atoms with E-state index in [0.29, 0.717) is 5.52 Å². The second-order valence-corrected chi connectivity index (χ2v) is 8.80. The number of hydrogen-bond donors (Lipinski definition) is 1. The Balaban J connectivity index is 1.68. The van der Waals surface area contributed by atoms with Crippen molar-refractivity contribution < 1.29 is 14.6 Å². The molecule has 8 nitrogen and oxygen atoms in total. The van der Waals surface area contributed by atoms with Crippen molar-refractivity contribution in [3.05, 3.63) is 53.9 Å². The summed E-state index contributed by atoms with van der Waals surface area (Å²) in [4.78, 5) is 23.2. The summed E-state index contributed by atoms with van der Waals surface area (Å²) in [5.41, 5.74) is 4.10. The lowest BCUT2D eigenvalue weighted by Gasteiger charge is -2.38. The molecule has 33 heavy (non-hydrogen) atoms. The minimum atomic E-state index is -0.940. The molecular formula is C25H33N5O3. The van der Waals surface area contributed by atoms with E-state index in [1.807, 2.05) is 20.2 Å². The average Bonchev–Trinajstić information content (AvgIpc) is 3.20. The molecule has 0 bridgehead atoms. The minimum Gasteiger partial charge on any atom is -0.478 e. The fraction of sp³-hybridized carbons (Fsp3) is 0.440. The Morgan fingerprint density at radius 2 is 1.85 bits per heavy atom. The van der Waals surface area contributed by atoms with Crippen molar-refractivity contribution in [1.82, 2.24) is 19.4 Å². The average molecular weight is 452 g/mol. The first-order chi connectivity index (χ1) is 15.9. The second kappa shape index (κ2) is 9.91. The second-order valence-electron chi connectivity index (χ2n) is 8.80. The van der Waals surface area contributed by atoms with Crippen molar-refractivity contribution in [3.63, 3.8) is 0 Å². The van der Waals surface area contributed by atoms with E-state index in [4.69, 9.17) is 9.72 Å². The summed E-state index contributed by atoms with van der Waals surface area (Å²) in [6, 6.07) is 13.7. The number of carboxylic acid groups (broad SMARTS) is 1. The van der Waals surface area contributed by atoms with Crippen LogP contribution >= 0.6 is 0 Å². The number of carbonyl (C=O) groups is 1. The van der Waals surface area contributed by atoms with Crippen LogP contribution in [0.15, 0.2) is 42.5 Å². The maximum absolute atomic E-state index is 11.5. The standard InChI is InChI=1S/C25H33N5O3/c1-18(33-4)28-12-14-29(15-13-28)20-6-5-7-21(17-20)30-23-9-8-19(25(31)32)16-22(23)26-24(30)10-11-27(2)3/h5-9,16-18H,10-15H2,1-4H3,(H,31,32). The van der Waals surface area contributed by atoms with Gasteiger partial charge in [-0.2, -0.15) is 0 Å². The van der Waals surface area contributed by atoms with E-state index in [0.717, 1.165) is 56.2 Å². The molecule has 1 aromatic heterocycles. The Bertz CT molecular complexity index is 1120. The van der Waals surface area contributed by atoms with Crippen LogP contribution in [0.5, 0.6) is 0 Å². The molecule has 1 aliphatic rings. The van der Waals surface area contributed by atoms with E-state index in [1.54, 1.807) is 19.2 Å². The molecule has 1 saturated heterocycles. The lowest BCUT2D eigenvalue weighted by molar-refractivity contribution is -0.0212. The van der Waals surface area contributed by atoms with Gasteiger partial charge in [-0.15, -0.1) is 0 Å². The van der Waals surface area contributed by atoms with Crippen molar-refractivity contribution in [2.24, 2.45) is 0 Å². The van der Waals surface area contributed by atoms with Gasteiger partial charge in [0.2, 0.25) is 0 Å². The number of benzene rings is 2. The van der Waals surface area contributed by atoms with Gasteiger partial charge in [-0.25, -0.2) is 9.78 Å². The molecule has 1 N–H and O–H groups in total. The predicted molar refractivity (Wildman–Crippen MR) is 131 cm³/mol. The Morgan fingerprint density at radius 1 is 1.12 bits per heavy atom. The van der Waals surface area contributed by atoms with E-state index in [1.165, 1.54) is 5.69 Å². The fourth-order valence-electron chi connectivity index (χ4n) is 4.36. The number of aromatic nitrogens is 2. The highest BCUT2D eigenvalue weighted by Crippen LogP contribution is 2.27. The van der Waals surface area contributed by atoms with Gasteiger partial charge in [-0.1, -0.05) is 6.07 Å². The molecule has 2 heterocycles. The molecule has 0 aliphatic carbocycles. The number of piperazine rings is 1. The molecule has 0 saturated carbocycles. The van der Waals surface area contributed by atoms with Crippen molar-refractivity contribution in [2.75, 3.05) is 58.8 Å². The molecule has 3 aromatic rings. The highest BCUT2D eigenvalue weighted by Gasteiger charge is 2.22. The largest absolute Gasteiger partial charge is 0.478 e. The molecule has 1 fully saturated rings. The Hall–Kier alpha value is -2.94. The van der Waals surface area contributed by atoms with Crippen LogP contribution in [0.2, 0.25) is 0 Å². The number of imidazole rings is 1. The third-order valence-corrected chi connectivity index (χ3v) is 6.38. The number of carboxylic acids is 1. The molecule has 1 unspecified atom stereocenters. The Morgan fingerprint density at radius 3 is 2.52 bits per heavy atom. The van der Waals surface area contributed by atoms with Crippen LogP contribution in [0, 0.1) is 0 Å². The summed E-state index contributed by atoms with van der Waals surface area (Å²) in [6.45, 7) is 6.74. The zero-order valence-electron chi connectivity index (χ0n) is 19.9. The first-order valence-corrected chi connectivity index (χ1v) is 11.4. The molecule has 4 rings (SSSR count). The smallest absolute Gasteiger partial charge is 0.335 e. The van der Waals surface area contributed by atoms with Gasteiger partial charge in [0.15, 0.2) is 0 Å². The number of hydrogen-bond acceptors (Lipinski definition) is 6. The number of fused-ring (bicyclic) bond motifs is 1. The van der Waals surface area contributed by atoms with Gasteiger partial charge in [0.1, 0.15) is 12.1 Å². The summed E-state index contributed by atoms with van der Waals surface area (Å²) >= 11 is 0. The van der Waals surface area contributed by atoms with Crippen LogP contribution in [0.25, 0.3) is 16.7 Å². The SMILES string of the molecule is COC(C)N1CCN(c2cccc(-n3c(CCN(C)C)nc4cc(C(=O)O)ccc43)c2)CC1. The Kier molecular flexibility index (Phi) is 6.97. The van der Waals surface area contributed by atoms with Gasteiger partial charge in [0.05, 0.1) is 16.6 Å². The number of ether oxygens (including phenoxy) is 1. The predicted octanol–water partition coefficient (Wildman–Crippen LogP) is 2.94. The summed E-state index contributed by atoms with van der Waals surface area (Å²) in [5, 5.41) is 9.40. The fourth-order valence-corrected chi connectivity index (χ4v) is 4.36. The molecule has 0 radical (unpaired) electrons. The zero-order chi connectivity index (χ0) is 23.5. The topological polar surface area (TPSA) is 74.1 Å². The van der Waals surface area contributed by atoms with E-state index >= 15 is 0 Å². The van der Waals surface area contributed by atoms with Crippen LogP contribution in [0.4, 0.5) is 5.69 Å². The highest BCUT2D eigenvalue weighted by molar-refractivity contribution is 5.93. The Labute approximate surface area is 195 Å². The molecule has 2 aromatic carbocycles. The lowest BCUT2D eigenvalue weighted by atomic mass is 10.2. The van der Waals surface area contributed by atoms with E-state index in [9.17, 15) is 9.90 Å². The van der Waals surface area contributed by atoms with Gasteiger partial charge in [0, 0.05) is 57.6 Å². The van der Waals surface area contributed by atoms with Gasteiger partial charge in [-0.05, 0) is 57.4 Å². The third kappa shape index (κ3) is 5.03. The van der Waals surface area contributed by atoms with Gasteiger partial charge in [-0.3, -0.25) is 9.47 Å². The quantitative estimate of drug-likeness (QED) is 0.564. The number of aromatic carboxylic acids is 1. The summed E-state index contributed by atoms with van der Waals surface area (Å²) < 4.78 is 7.64. The summed E-state index contributed by atoms with van der Waals surface area (Å²) in [7, 11) is 5.84.